The van der Waals surface area contributed by atoms with E-state index in [0.29, 0.717) is 5.41 Å². The highest BCUT2D eigenvalue weighted by Gasteiger charge is 2.35. The van der Waals surface area contributed by atoms with E-state index in [4.69, 9.17) is 5.73 Å². The van der Waals surface area contributed by atoms with Gasteiger partial charge in [-0.15, -0.1) is 0 Å². The van der Waals surface area contributed by atoms with E-state index < -0.39 is 0 Å². The van der Waals surface area contributed by atoms with Crippen molar-refractivity contribution in [3.05, 3.63) is 20.8 Å². The molecule has 0 bridgehead atoms. The van der Waals surface area contributed by atoms with Gasteiger partial charge < -0.3 is 5.73 Å². The van der Waals surface area contributed by atoms with E-state index in [2.05, 4.69) is 40.5 Å². The molecule has 2 N–H and O–H groups in total. The Balaban J connectivity index is 2.23. The van der Waals surface area contributed by atoms with Crippen LogP contribution in [-0.2, 0) is 5.54 Å². The zero-order valence-electron chi connectivity index (χ0n) is 10.1. The van der Waals surface area contributed by atoms with E-state index in [0.717, 1.165) is 12.8 Å². The summed E-state index contributed by atoms with van der Waals surface area (Å²) in [7, 11) is 0. The Hall–Kier alpha value is 0.140. The molecule has 3 heteroatoms. The largest absolute Gasteiger partial charge is 0.321 e. The van der Waals surface area contributed by atoms with Crippen molar-refractivity contribution in [1.29, 1.82) is 0 Å². The Bertz CT molecular complexity index is 372. The van der Waals surface area contributed by atoms with Crippen LogP contribution < -0.4 is 5.73 Å². The van der Waals surface area contributed by atoms with Crippen molar-refractivity contribution in [1.82, 2.24) is 0 Å². The molecule has 0 radical (unpaired) electrons. The van der Waals surface area contributed by atoms with Crippen LogP contribution in [0.5, 0.6) is 0 Å². The van der Waals surface area contributed by atoms with Crippen LogP contribution in [0.15, 0.2) is 15.2 Å². The van der Waals surface area contributed by atoms with Crippen molar-refractivity contribution in [3.8, 4) is 0 Å². The van der Waals surface area contributed by atoms with Gasteiger partial charge in [-0.05, 0) is 58.0 Å². The van der Waals surface area contributed by atoms with Gasteiger partial charge in [-0.3, -0.25) is 0 Å². The zero-order valence-corrected chi connectivity index (χ0v) is 12.5. The van der Waals surface area contributed by atoms with Gasteiger partial charge in [0.05, 0.1) is 0 Å². The van der Waals surface area contributed by atoms with Gasteiger partial charge in [0.15, 0.2) is 0 Å². The van der Waals surface area contributed by atoms with Gasteiger partial charge in [0.1, 0.15) is 0 Å². The maximum absolute atomic E-state index is 6.62. The van der Waals surface area contributed by atoms with Crippen molar-refractivity contribution < 1.29 is 0 Å². The molecule has 2 rings (SSSR count). The van der Waals surface area contributed by atoms with Gasteiger partial charge in [0, 0.05) is 15.4 Å². The quantitative estimate of drug-likeness (QED) is 0.750. The molecule has 1 atom stereocenters. The summed E-state index contributed by atoms with van der Waals surface area (Å²) in [5.41, 5.74) is 8.30. The van der Waals surface area contributed by atoms with Crippen LogP contribution in [0.1, 0.15) is 51.5 Å². The fraction of sp³-hybridized carbons (Fsp3) is 0.692. The van der Waals surface area contributed by atoms with Crippen LogP contribution in [0.4, 0.5) is 0 Å². The molecule has 16 heavy (non-hydrogen) atoms. The van der Waals surface area contributed by atoms with Crippen LogP contribution >= 0.6 is 27.3 Å². The molecular formula is C13H20BrNS. The maximum Gasteiger partial charge on any atom is 0.0429 e. The van der Waals surface area contributed by atoms with Crippen molar-refractivity contribution in [2.75, 3.05) is 0 Å². The van der Waals surface area contributed by atoms with Gasteiger partial charge in [-0.25, -0.2) is 0 Å². The van der Waals surface area contributed by atoms with Gasteiger partial charge in [0.25, 0.3) is 0 Å². The third kappa shape index (κ3) is 2.52. The first kappa shape index (κ1) is 12.6. The second-order valence-corrected chi connectivity index (χ2v) is 7.41. The highest BCUT2D eigenvalue weighted by atomic mass is 79.9. The van der Waals surface area contributed by atoms with Gasteiger partial charge >= 0.3 is 0 Å². The average molecular weight is 302 g/mol. The number of rotatable bonds is 1. The van der Waals surface area contributed by atoms with E-state index in [1.165, 1.54) is 29.3 Å². The Morgan fingerprint density at radius 3 is 2.56 bits per heavy atom. The van der Waals surface area contributed by atoms with E-state index in [-0.39, 0.29) is 5.54 Å². The summed E-state index contributed by atoms with van der Waals surface area (Å²) in [6.45, 7) is 4.73. The first-order chi connectivity index (χ1) is 7.43. The van der Waals surface area contributed by atoms with E-state index in [1.54, 1.807) is 11.3 Å². The van der Waals surface area contributed by atoms with Crippen LogP contribution in [0, 0.1) is 5.41 Å². The van der Waals surface area contributed by atoms with E-state index >= 15 is 0 Å². The summed E-state index contributed by atoms with van der Waals surface area (Å²) in [6, 6.07) is 0. The summed E-state index contributed by atoms with van der Waals surface area (Å²) in [6.07, 6.45) is 5.99. The molecule has 0 amide bonds. The minimum absolute atomic E-state index is 0.105. The lowest BCUT2D eigenvalue weighted by atomic mass is 9.82. The van der Waals surface area contributed by atoms with Crippen LogP contribution in [0.25, 0.3) is 0 Å². The smallest absolute Gasteiger partial charge is 0.0429 e. The lowest BCUT2D eigenvalue weighted by Gasteiger charge is -2.29. The summed E-state index contributed by atoms with van der Waals surface area (Å²) < 4.78 is 1.19. The van der Waals surface area contributed by atoms with Crippen LogP contribution in [0.2, 0.25) is 0 Å². The van der Waals surface area contributed by atoms with Crippen molar-refractivity contribution in [2.45, 2.75) is 51.5 Å². The Kier molecular flexibility index (Phi) is 3.49. The molecule has 1 aliphatic rings. The molecule has 1 unspecified atom stereocenters. The SMILES string of the molecule is CC1(C)CCCC(N)(c2cscc2Br)CC1. The molecule has 90 valence electrons. The number of hydrogen-bond donors (Lipinski definition) is 1. The van der Waals surface area contributed by atoms with Crippen LogP contribution in [-0.4, -0.2) is 0 Å². The Morgan fingerprint density at radius 2 is 1.94 bits per heavy atom. The van der Waals surface area contributed by atoms with Crippen molar-refractivity contribution in [3.63, 3.8) is 0 Å². The first-order valence-corrected chi connectivity index (χ1v) is 7.68. The molecule has 0 aliphatic heterocycles. The summed E-state index contributed by atoms with van der Waals surface area (Å²) in [4.78, 5) is 0. The summed E-state index contributed by atoms with van der Waals surface area (Å²) >= 11 is 5.36. The lowest BCUT2D eigenvalue weighted by molar-refractivity contribution is 0.299. The Morgan fingerprint density at radius 1 is 1.19 bits per heavy atom. The molecule has 1 saturated carbocycles. The number of nitrogens with two attached hydrogens (primary N) is 1. The van der Waals surface area contributed by atoms with Gasteiger partial charge in [-0.1, -0.05) is 20.3 Å². The molecule has 0 aromatic carbocycles. The normalized spacial score (nSPS) is 30.0. The molecule has 1 heterocycles. The molecule has 1 aromatic rings. The van der Waals surface area contributed by atoms with Gasteiger partial charge in [0.2, 0.25) is 0 Å². The molecule has 1 nitrogen and oxygen atoms in total. The minimum Gasteiger partial charge on any atom is -0.321 e. The monoisotopic (exact) mass is 301 g/mol. The maximum atomic E-state index is 6.62. The molecule has 0 spiro atoms. The third-order valence-electron chi connectivity index (χ3n) is 3.88. The first-order valence-electron chi connectivity index (χ1n) is 5.94. The van der Waals surface area contributed by atoms with E-state index in [1.807, 2.05) is 0 Å². The zero-order chi connectivity index (χ0) is 11.8. The lowest BCUT2D eigenvalue weighted by Crippen LogP contribution is -2.36. The highest BCUT2D eigenvalue weighted by molar-refractivity contribution is 9.10. The van der Waals surface area contributed by atoms with Crippen molar-refractivity contribution in [2.24, 2.45) is 11.1 Å². The number of thiophene rings is 1. The third-order valence-corrected chi connectivity index (χ3v) is 5.58. The topological polar surface area (TPSA) is 26.0 Å². The standard InChI is InChI=1S/C13H20BrNS/c1-12(2)4-3-5-13(15,7-6-12)10-8-16-9-11(10)14/h8-9H,3-7,15H2,1-2H3. The second kappa shape index (κ2) is 4.43. The number of halogens is 1. The fourth-order valence-corrected chi connectivity index (χ4v) is 4.40. The predicted molar refractivity (Wildman–Crippen MR) is 74.8 cm³/mol. The number of hydrogen-bond acceptors (Lipinski definition) is 2. The highest BCUT2D eigenvalue weighted by Crippen LogP contribution is 2.43. The predicted octanol–water partition coefficient (Wildman–Crippen LogP) is 4.65. The molecule has 1 aromatic heterocycles. The summed E-state index contributed by atoms with van der Waals surface area (Å²) in [5, 5.41) is 4.35. The fourth-order valence-electron chi connectivity index (χ4n) is 2.60. The molecule has 1 fully saturated rings. The van der Waals surface area contributed by atoms with E-state index in [9.17, 15) is 0 Å². The summed E-state index contributed by atoms with van der Waals surface area (Å²) in [5.74, 6) is 0. The molecule has 0 saturated heterocycles. The molecule has 1 aliphatic carbocycles. The molecular weight excluding hydrogens is 282 g/mol. The minimum atomic E-state index is -0.105. The van der Waals surface area contributed by atoms with Gasteiger partial charge in [-0.2, -0.15) is 11.3 Å². The second-order valence-electron chi connectivity index (χ2n) is 5.81. The van der Waals surface area contributed by atoms with Crippen molar-refractivity contribution >= 4 is 27.3 Å². The Labute approximate surface area is 111 Å². The van der Waals surface area contributed by atoms with Crippen LogP contribution in [0.3, 0.4) is 0 Å². The average Bonchev–Trinajstić information content (AvgIpc) is 2.56.